The first-order valence-electron chi connectivity index (χ1n) is 9.84. The largest absolute Gasteiger partial charge is 0.462 e. The number of carbonyl (C=O) groups is 2. The van der Waals surface area contributed by atoms with Gasteiger partial charge in [-0.15, -0.1) is 11.3 Å². The summed E-state index contributed by atoms with van der Waals surface area (Å²) in [6.45, 7) is 10.6. The number of aryl methyl sites for hydroxylation is 1. The van der Waals surface area contributed by atoms with Gasteiger partial charge in [-0.2, -0.15) is 0 Å². The average molecular weight is 424 g/mol. The molecule has 0 unspecified atom stereocenters. The number of thiophene rings is 1. The maximum atomic E-state index is 12.7. The molecule has 1 aliphatic rings. The molecule has 0 radical (unpaired) electrons. The summed E-state index contributed by atoms with van der Waals surface area (Å²) < 4.78 is 10.1. The Kier molecular flexibility index (Phi) is 6.53. The Balaban J connectivity index is 1.80. The van der Waals surface area contributed by atoms with Gasteiger partial charge in [0, 0.05) is 0 Å². The normalized spacial score (nSPS) is 16.1. The molecule has 2 aromatic rings. The number of esters is 1. The molecule has 1 saturated heterocycles. The number of piperazine rings is 1. The standard InChI is InChI=1S/C19H26N4O5S/c1-5-27-18(25)14-11(3)13-16(24)20-15(21-17(13)29-14)12(4)22-7-9-23(10-8-22)19(26)28-6-2/h12H,5-10H2,1-4H3,(H,20,21,24)/p+1/t12-/m1/s1. The molecule has 1 amide bonds. The van der Waals surface area contributed by atoms with Crippen molar-refractivity contribution in [3.63, 3.8) is 0 Å². The number of fused-ring (bicyclic) bond motifs is 1. The first-order valence-corrected chi connectivity index (χ1v) is 10.7. The first-order chi connectivity index (χ1) is 13.9. The number of ether oxygens (including phenoxy) is 2. The van der Waals surface area contributed by atoms with Gasteiger partial charge in [0.1, 0.15) is 15.7 Å². The van der Waals surface area contributed by atoms with Crippen molar-refractivity contribution in [2.75, 3.05) is 39.4 Å². The number of aromatic amines is 1. The second kappa shape index (κ2) is 8.91. The Morgan fingerprint density at radius 1 is 1.24 bits per heavy atom. The van der Waals surface area contributed by atoms with E-state index in [9.17, 15) is 14.4 Å². The molecule has 0 spiro atoms. The third-order valence-electron chi connectivity index (χ3n) is 5.23. The van der Waals surface area contributed by atoms with E-state index in [2.05, 4.69) is 9.97 Å². The van der Waals surface area contributed by atoms with Crippen LogP contribution in [0.1, 0.15) is 47.9 Å². The summed E-state index contributed by atoms with van der Waals surface area (Å²) in [6.07, 6.45) is -0.285. The molecule has 1 aliphatic heterocycles. The number of nitrogens with one attached hydrogen (secondary N) is 2. The second-order valence-corrected chi connectivity index (χ2v) is 7.97. The van der Waals surface area contributed by atoms with Crippen molar-refractivity contribution in [3.8, 4) is 0 Å². The van der Waals surface area contributed by atoms with Gasteiger partial charge in [0.15, 0.2) is 5.82 Å². The Bertz CT molecular complexity index is 961. The highest BCUT2D eigenvalue weighted by molar-refractivity contribution is 7.20. The van der Waals surface area contributed by atoms with Crippen molar-refractivity contribution in [1.82, 2.24) is 14.9 Å². The molecule has 3 rings (SSSR count). The van der Waals surface area contributed by atoms with Crippen LogP contribution in [0.15, 0.2) is 4.79 Å². The fraction of sp³-hybridized carbons (Fsp3) is 0.579. The highest BCUT2D eigenvalue weighted by Crippen LogP contribution is 2.28. The fourth-order valence-corrected chi connectivity index (χ4v) is 4.66. The monoisotopic (exact) mass is 423 g/mol. The maximum Gasteiger partial charge on any atom is 0.410 e. The SMILES string of the molecule is CCOC(=O)c1sc2nc([C@@H](C)[NH+]3CCN(C(=O)OCC)CC3)[nH]c(=O)c2c1C. The number of hydrogen-bond donors (Lipinski definition) is 2. The van der Waals surface area contributed by atoms with E-state index in [0.717, 1.165) is 13.1 Å². The minimum absolute atomic E-state index is 0.0510. The van der Waals surface area contributed by atoms with Gasteiger partial charge >= 0.3 is 12.1 Å². The van der Waals surface area contributed by atoms with E-state index in [0.29, 0.717) is 46.2 Å². The first kappa shape index (κ1) is 21.3. The van der Waals surface area contributed by atoms with Gasteiger partial charge in [-0.3, -0.25) is 9.69 Å². The molecular weight excluding hydrogens is 396 g/mol. The van der Waals surface area contributed by atoms with Crippen LogP contribution in [0.3, 0.4) is 0 Å². The van der Waals surface area contributed by atoms with E-state index in [4.69, 9.17) is 9.47 Å². The summed E-state index contributed by atoms with van der Waals surface area (Å²) in [5.41, 5.74) is 0.359. The zero-order valence-corrected chi connectivity index (χ0v) is 18.0. The second-order valence-electron chi connectivity index (χ2n) is 6.97. The van der Waals surface area contributed by atoms with Crippen LogP contribution in [0, 0.1) is 6.92 Å². The van der Waals surface area contributed by atoms with E-state index < -0.39 is 5.97 Å². The van der Waals surface area contributed by atoms with Gasteiger partial charge < -0.3 is 19.4 Å². The highest BCUT2D eigenvalue weighted by Gasteiger charge is 2.30. The zero-order chi connectivity index (χ0) is 21.1. The Morgan fingerprint density at radius 2 is 1.90 bits per heavy atom. The van der Waals surface area contributed by atoms with Crippen LogP contribution >= 0.6 is 11.3 Å². The van der Waals surface area contributed by atoms with Crippen LogP contribution < -0.4 is 10.5 Å². The molecule has 0 bridgehead atoms. The number of H-pyrrole nitrogens is 1. The van der Waals surface area contributed by atoms with Gasteiger partial charge in [0.05, 0.1) is 44.8 Å². The van der Waals surface area contributed by atoms with Gasteiger partial charge in [-0.25, -0.2) is 14.6 Å². The van der Waals surface area contributed by atoms with Crippen molar-refractivity contribution < 1.29 is 24.0 Å². The summed E-state index contributed by atoms with van der Waals surface area (Å²) in [7, 11) is 0. The van der Waals surface area contributed by atoms with Crippen molar-refractivity contribution >= 4 is 33.6 Å². The van der Waals surface area contributed by atoms with Gasteiger partial charge in [0.25, 0.3) is 5.56 Å². The highest BCUT2D eigenvalue weighted by atomic mass is 32.1. The van der Waals surface area contributed by atoms with Crippen molar-refractivity contribution in [2.45, 2.75) is 33.7 Å². The number of rotatable bonds is 5. The lowest BCUT2D eigenvalue weighted by Crippen LogP contribution is -3.14. The van der Waals surface area contributed by atoms with Crippen LogP contribution in [-0.2, 0) is 9.47 Å². The Morgan fingerprint density at radius 3 is 2.52 bits per heavy atom. The molecule has 0 aromatic carbocycles. The van der Waals surface area contributed by atoms with E-state index in [-0.39, 0.29) is 24.3 Å². The number of hydrogen-bond acceptors (Lipinski definition) is 7. The van der Waals surface area contributed by atoms with E-state index in [1.54, 1.807) is 25.7 Å². The number of aromatic nitrogens is 2. The molecule has 2 N–H and O–H groups in total. The average Bonchev–Trinajstić information content (AvgIpc) is 3.05. The summed E-state index contributed by atoms with van der Waals surface area (Å²) >= 11 is 1.19. The number of quaternary nitrogens is 1. The third kappa shape index (κ3) is 4.27. The quantitative estimate of drug-likeness (QED) is 0.692. The molecule has 0 aliphatic carbocycles. The van der Waals surface area contributed by atoms with Crippen molar-refractivity contribution in [1.29, 1.82) is 0 Å². The maximum absolute atomic E-state index is 12.7. The van der Waals surface area contributed by atoms with Crippen LogP contribution in [0.4, 0.5) is 4.79 Å². The lowest BCUT2D eigenvalue weighted by atomic mass is 10.2. The Labute approximate surface area is 172 Å². The molecule has 0 saturated carbocycles. The summed E-state index contributed by atoms with van der Waals surface area (Å²) in [5.74, 6) is 0.154. The van der Waals surface area contributed by atoms with E-state index in [1.807, 2.05) is 6.92 Å². The molecule has 2 aromatic heterocycles. The van der Waals surface area contributed by atoms with E-state index >= 15 is 0 Å². The van der Waals surface area contributed by atoms with Gasteiger partial charge in [-0.05, 0) is 33.3 Å². The zero-order valence-electron chi connectivity index (χ0n) is 17.2. The fourth-order valence-electron chi connectivity index (χ4n) is 3.57. The van der Waals surface area contributed by atoms with Gasteiger partial charge in [-0.1, -0.05) is 0 Å². The number of carbonyl (C=O) groups excluding carboxylic acids is 2. The molecule has 3 heterocycles. The summed E-state index contributed by atoms with van der Waals surface area (Å²) in [6, 6.07) is -0.0510. The predicted molar refractivity (Wildman–Crippen MR) is 109 cm³/mol. The number of nitrogens with zero attached hydrogens (tertiary/aromatic N) is 2. The third-order valence-corrected chi connectivity index (χ3v) is 6.40. The molecule has 9 nitrogen and oxygen atoms in total. The minimum atomic E-state index is -0.428. The van der Waals surface area contributed by atoms with E-state index in [1.165, 1.54) is 16.2 Å². The molecule has 1 atom stereocenters. The molecule has 158 valence electrons. The molecule has 29 heavy (non-hydrogen) atoms. The minimum Gasteiger partial charge on any atom is -0.462 e. The number of amides is 1. The van der Waals surface area contributed by atoms with Gasteiger partial charge in [0.2, 0.25) is 0 Å². The molecule has 1 fully saturated rings. The molecular formula is C19H27N4O5S+. The van der Waals surface area contributed by atoms with Crippen molar-refractivity contribution in [3.05, 3.63) is 26.6 Å². The van der Waals surface area contributed by atoms with Crippen LogP contribution in [0.25, 0.3) is 10.2 Å². The summed E-state index contributed by atoms with van der Waals surface area (Å²) in [5, 5.41) is 0.441. The lowest BCUT2D eigenvalue weighted by Gasteiger charge is -2.34. The molecule has 10 heteroatoms. The predicted octanol–water partition coefficient (Wildman–Crippen LogP) is 0.888. The lowest BCUT2D eigenvalue weighted by molar-refractivity contribution is -0.934. The summed E-state index contributed by atoms with van der Waals surface area (Å²) in [4.78, 5) is 48.1. The van der Waals surface area contributed by atoms with Crippen LogP contribution in [0.2, 0.25) is 0 Å². The smallest absolute Gasteiger partial charge is 0.410 e. The Hall–Kier alpha value is -2.46. The van der Waals surface area contributed by atoms with Crippen molar-refractivity contribution in [2.24, 2.45) is 0 Å². The van der Waals surface area contributed by atoms with Crippen LogP contribution in [0.5, 0.6) is 0 Å². The topological polar surface area (TPSA) is 106 Å². The van der Waals surface area contributed by atoms with Crippen LogP contribution in [-0.4, -0.2) is 66.3 Å².